The minimum atomic E-state index is 0.0732. The van der Waals surface area contributed by atoms with Crippen LogP contribution in [0.2, 0.25) is 10.3 Å². The van der Waals surface area contributed by atoms with Crippen LogP contribution in [-0.2, 0) is 19.5 Å². The lowest BCUT2D eigenvalue weighted by Gasteiger charge is -2.28. The summed E-state index contributed by atoms with van der Waals surface area (Å²) in [6.07, 6.45) is 6.19. The van der Waals surface area contributed by atoms with Crippen LogP contribution in [0, 0.1) is 0 Å². The second kappa shape index (κ2) is 7.11. The van der Waals surface area contributed by atoms with Crippen LogP contribution in [0.4, 0.5) is 5.95 Å². The number of anilines is 1. The van der Waals surface area contributed by atoms with E-state index < -0.39 is 0 Å². The molecule has 3 aromatic rings. The summed E-state index contributed by atoms with van der Waals surface area (Å²) < 4.78 is 0. The van der Waals surface area contributed by atoms with Crippen molar-refractivity contribution in [3.63, 3.8) is 0 Å². The molecule has 0 unspecified atom stereocenters. The average molecular weight is 388 g/mol. The SMILES string of the molecule is Nc1nc(Cl)c(CN2CCc3nc(-c4cccnc4)ncc3C2)c(Cl)n1. The fourth-order valence-electron chi connectivity index (χ4n) is 2.94. The number of fused-ring (bicyclic) bond motifs is 1. The van der Waals surface area contributed by atoms with Gasteiger partial charge in [0.05, 0.1) is 5.69 Å². The van der Waals surface area contributed by atoms with Crippen molar-refractivity contribution < 1.29 is 0 Å². The highest BCUT2D eigenvalue weighted by Crippen LogP contribution is 2.27. The maximum atomic E-state index is 6.17. The Morgan fingerprint density at radius 2 is 1.92 bits per heavy atom. The molecule has 1 aliphatic rings. The molecule has 2 N–H and O–H groups in total. The van der Waals surface area contributed by atoms with Crippen LogP contribution in [0.5, 0.6) is 0 Å². The number of nitrogens with two attached hydrogens (primary N) is 1. The predicted octanol–water partition coefficient (Wildman–Crippen LogP) is 2.78. The molecule has 0 bridgehead atoms. The van der Waals surface area contributed by atoms with Crippen LogP contribution in [-0.4, -0.2) is 36.4 Å². The largest absolute Gasteiger partial charge is 0.368 e. The standard InChI is InChI=1S/C17H15Cl2N7/c18-14-12(15(19)25-17(20)24-14)9-26-5-3-13-11(8-26)7-22-16(23-13)10-2-1-4-21-6-10/h1-2,4,6-7H,3,5,8-9H2,(H2,20,24,25). The van der Waals surface area contributed by atoms with Gasteiger partial charge in [0.2, 0.25) is 5.95 Å². The maximum absolute atomic E-state index is 6.17. The zero-order valence-corrected chi connectivity index (χ0v) is 15.2. The third-order valence-corrected chi connectivity index (χ3v) is 4.86. The third-order valence-electron chi connectivity index (χ3n) is 4.24. The smallest absolute Gasteiger partial charge is 0.222 e. The molecule has 7 nitrogen and oxygen atoms in total. The van der Waals surface area contributed by atoms with Gasteiger partial charge in [-0.3, -0.25) is 9.88 Å². The van der Waals surface area contributed by atoms with Gasteiger partial charge >= 0.3 is 0 Å². The van der Waals surface area contributed by atoms with Crippen LogP contribution in [0.3, 0.4) is 0 Å². The second-order valence-corrected chi connectivity index (χ2v) is 6.73. The van der Waals surface area contributed by atoms with Crippen molar-refractivity contribution in [2.75, 3.05) is 12.3 Å². The highest BCUT2D eigenvalue weighted by molar-refractivity contribution is 6.34. The lowest BCUT2D eigenvalue weighted by molar-refractivity contribution is 0.242. The summed E-state index contributed by atoms with van der Waals surface area (Å²) in [4.78, 5) is 23.5. The molecule has 0 fully saturated rings. The molecular weight excluding hydrogens is 373 g/mol. The van der Waals surface area contributed by atoms with Gasteiger partial charge in [0.15, 0.2) is 5.82 Å². The zero-order valence-electron chi connectivity index (χ0n) is 13.7. The van der Waals surface area contributed by atoms with Crippen molar-refractivity contribution in [2.45, 2.75) is 19.5 Å². The van der Waals surface area contributed by atoms with Gasteiger partial charge < -0.3 is 5.73 Å². The molecular formula is C17H15Cl2N7. The normalized spacial score (nSPS) is 14.2. The van der Waals surface area contributed by atoms with Gasteiger partial charge in [-0.05, 0) is 12.1 Å². The van der Waals surface area contributed by atoms with Gasteiger partial charge in [-0.1, -0.05) is 23.2 Å². The summed E-state index contributed by atoms with van der Waals surface area (Å²) in [6, 6.07) is 3.83. The van der Waals surface area contributed by atoms with Crippen LogP contribution in [0.25, 0.3) is 11.4 Å². The lowest BCUT2D eigenvalue weighted by atomic mass is 10.1. The first-order chi connectivity index (χ1) is 12.6. The second-order valence-electron chi connectivity index (χ2n) is 6.01. The Balaban J connectivity index is 1.54. The molecule has 0 saturated heterocycles. The van der Waals surface area contributed by atoms with Gasteiger partial charge in [0.25, 0.3) is 0 Å². The van der Waals surface area contributed by atoms with E-state index in [0.29, 0.717) is 24.5 Å². The van der Waals surface area contributed by atoms with Gasteiger partial charge in [-0.15, -0.1) is 0 Å². The van der Waals surface area contributed by atoms with Crippen molar-refractivity contribution in [3.05, 3.63) is 57.9 Å². The van der Waals surface area contributed by atoms with Crippen LogP contribution in [0.1, 0.15) is 16.8 Å². The Morgan fingerprint density at radius 1 is 1.12 bits per heavy atom. The van der Waals surface area contributed by atoms with E-state index in [1.54, 1.807) is 12.4 Å². The van der Waals surface area contributed by atoms with E-state index in [4.69, 9.17) is 33.9 Å². The summed E-state index contributed by atoms with van der Waals surface area (Å²) in [5.41, 5.74) is 9.30. The van der Waals surface area contributed by atoms with Crippen molar-refractivity contribution in [1.29, 1.82) is 0 Å². The summed E-state index contributed by atoms with van der Waals surface area (Å²) in [7, 11) is 0. The number of nitrogens with zero attached hydrogens (tertiary/aromatic N) is 6. The van der Waals surface area contributed by atoms with Gasteiger partial charge in [0.1, 0.15) is 10.3 Å². The number of aromatic nitrogens is 5. The Labute approximate surface area is 160 Å². The van der Waals surface area contributed by atoms with Crippen LogP contribution in [0.15, 0.2) is 30.7 Å². The molecule has 0 radical (unpaired) electrons. The number of rotatable bonds is 3. The first kappa shape index (κ1) is 17.1. The molecule has 26 heavy (non-hydrogen) atoms. The molecule has 0 aliphatic carbocycles. The summed E-state index contributed by atoms with van der Waals surface area (Å²) in [6.45, 7) is 2.08. The molecule has 3 aromatic heterocycles. The van der Waals surface area contributed by atoms with E-state index in [-0.39, 0.29) is 16.3 Å². The van der Waals surface area contributed by atoms with Crippen molar-refractivity contribution in [3.8, 4) is 11.4 Å². The fourth-order valence-corrected chi connectivity index (χ4v) is 3.46. The molecule has 4 rings (SSSR count). The predicted molar refractivity (Wildman–Crippen MR) is 99.5 cm³/mol. The fraction of sp³-hybridized carbons (Fsp3) is 0.235. The number of hydrogen-bond acceptors (Lipinski definition) is 7. The highest BCUT2D eigenvalue weighted by atomic mass is 35.5. The molecule has 132 valence electrons. The molecule has 9 heteroatoms. The number of hydrogen-bond donors (Lipinski definition) is 1. The van der Waals surface area contributed by atoms with Gasteiger partial charge in [-0.2, -0.15) is 0 Å². The molecule has 0 spiro atoms. The topological polar surface area (TPSA) is 93.7 Å². The number of halogens is 2. The molecule has 0 amide bonds. The first-order valence-electron chi connectivity index (χ1n) is 8.05. The van der Waals surface area contributed by atoms with Crippen molar-refractivity contribution in [1.82, 2.24) is 29.8 Å². The monoisotopic (exact) mass is 387 g/mol. The quantitative estimate of drug-likeness (QED) is 0.690. The molecule has 4 heterocycles. The zero-order chi connectivity index (χ0) is 18.1. The highest BCUT2D eigenvalue weighted by Gasteiger charge is 2.21. The van der Waals surface area contributed by atoms with E-state index in [0.717, 1.165) is 29.8 Å². The lowest BCUT2D eigenvalue weighted by Crippen LogP contribution is -2.31. The minimum Gasteiger partial charge on any atom is -0.368 e. The van der Waals surface area contributed by atoms with E-state index in [1.165, 1.54) is 0 Å². The Kier molecular flexibility index (Phi) is 4.67. The molecule has 0 atom stereocenters. The third kappa shape index (κ3) is 3.46. The van der Waals surface area contributed by atoms with E-state index in [9.17, 15) is 0 Å². The van der Waals surface area contributed by atoms with E-state index in [1.807, 2.05) is 18.3 Å². The number of pyridine rings is 1. The Morgan fingerprint density at radius 3 is 2.65 bits per heavy atom. The molecule has 0 saturated carbocycles. The van der Waals surface area contributed by atoms with Crippen LogP contribution < -0.4 is 5.73 Å². The maximum Gasteiger partial charge on any atom is 0.222 e. The van der Waals surface area contributed by atoms with E-state index in [2.05, 4.69) is 24.8 Å². The van der Waals surface area contributed by atoms with Gasteiger partial charge in [0, 0.05) is 61.3 Å². The van der Waals surface area contributed by atoms with Gasteiger partial charge in [-0.25, -0.2) is 19.9 Å². The summed E-state index contributed by atoms with van der Waals surface area (Å²) in [5.74, 6) is 0.771. The minimum absolute atomic E-state index is 0.0732. The number of nitrogen functional groups attached to an aromatic ring is 1. The first-order valence-corrected chi connectivity index (χ1v) is 8.80. The van der Waals surface area contributed by atoms with Crippen molar-refractivity contribution in [2.24, 2.45) is 0 Å². The van der Waals surface area contributed by atoms with Crippen molar-refractivity contribution >= 4 is 29.2 Å². The van der Waals surface area contributed by atoms with E-state index >= 15 is 0 Å². The molecule has 0 aromatic carbocycles. The van der Waals surface area contributed by atoms with Crippen LogP contribution >= 0.6 is 23.2 Å². The Hall–Kier alpha value is -2.35. The summed E-state index contributed by atoms with van der Waals surface area (Å²) >= 11 is 12.3. The summed E-state index contributed by atoms with van der Waals surface area (Å²) in [5, 5.41) is 0.577. The molecule has 1 aliphatic heterocycles. The average Bonchev–Trinajstić information content (AvgIpc) is 2.65. The Bertz CT molecular complexity index is 926.